The number of carbonyl (C=O) groups excluding carboxylic acids is 1. The zero-order chi connectivity index (χ0) is 13.8. The van der Waals surface area contributed by atoms with Crippen LogP contribution in [0.25, 0.3) is 10.9 Å². The summed E-state index contributed by atoms with van der Waals surface area (Å²) in [6.45, 7) is 6.42. The van der Waals surface area contributed by atoms with E-state index in [4.69, 9.17) is 5.73 Å². The zero-order valence-electron chi connectivity index (χ0n) is 11.6. The Morgan fingerprint density at radius 1 is 1.26 bits per heavy atom. The third-order valence-electron chi connectivity index (χ3n) is 3.55. The third kappa shape index (κ3) is 2.63. The molecule has 4 nitrogen and oxygen atoms in total. The lowest BCUT2D eigenvalue weighted by molar-refractivity contribution is -0.131. The van der Waals surface area contributed by atoms with Crippen LogP contribution in [0.5, 0.6) is 0 Å². The summed E-state index contributed by atoms with van der Waals surface area (Å²) < 4.78 is 2.00. The Morgan fingerprint density at radius 2 is 2.00 bits per heavy atom. The predicted octanol–water partition coefficient (Wildman–Crippen LogP) is 1.97. The zero-order valence-corrected chi connectivity index (χ0v) is 11.6. The molecule has 1 aromatic carbocycles. The summed E-state index contributed by atoms with van der Waals surface area (Å²) in [5.41, 5.74) is 7.92. The molecule has 0 spiro atoms. The van der Waals surface area contributed by atoms with Crippen LogP contribution >= 0.6 is 0 Å². The van der Waals surface area contributed by atoms with E-state index in [1.807, 2.05) is 53.8 Å². The first kappa shape index (κ1) is 13.6. The van der Waals surface area contributed by atoms with E-state index in [-0.39, 0.29) is 5.91 Å². The van der Waals surface area contributed by atoms with Gasteiger partial charge in [0.15, 0.2) is 0 Å². The SMILES string of the molecule is CCN(CC)C(=O)Cn1ccc2c(CN)cccc21. The normalized spacial score (nSPS) is 10.9. The Bertz CT molecular complexity index is 570. The number of likely N-dealkylation sites (N-methyl/N-ethyl adjacent to an activating group) is 1. The molecule has 1 aromatic heterocycles. The molecule has 0 bridgehead atoms. The van der Waals surface area contributed by atoms with E-state index in [0.29, 0.717) is 13.1 Å². The maximum Gasteiger partial charge on any atom is 0.242 e. The number of rotatable bonds is 5. The molecule has 1 amide bonds. The Labute approximate surface area is 113 Å². The summed E-state index contributed by atoms with van der Waals surface area (Å²) in [6.07, 6.45) is 1.96. The summed E-state index contributed by atoms with van der Waals surface area (Å²) in [5, 5.41) is 1.14. The quantitative estimate of drug-likeness (QED) is 0.892. The van der Waals surface area contributed by atoms with Gasteiger partial charge in [-0.1, -0.05) is 12.1 Å². The fourth-order valence-corrected chi connectivity index (χ4v) is 2.43. The van der Waals surface area contributed by atoms with E-state index in [2.05, 4.69) is 0 Å². The Morgan fingerprint density at radius 3 is 2.63 bits per heavy atom. The fourth-order valence-electron chi connectivity index (χ4n) is 2.43. The van der Waals surface area contributed by atoms with Gasteiger partial charge in [0.25, 0.3) is 0 Å². The van der Waals surface area contributed by atoms with Gasteiger partial charge in [-0.3, -0.25) is 4.79 Å². The lowest BCUT2D eigenvalue weighted by Gasteiger charge is -2.19. The van der Waals surface area contributed by atoms with Crippen LogP contribution in [0.1, 0.15) is 19.4 Å². The second-order valence-corrected chi connectivity index (χ2v) is 4.56. The van der Waals surface area contributed by atoms with Crippen LogP contribution in [0.15, 0.2) is 30.5 Å². The number of carbonyl (C=O) groups is 1. The smallest absolute Gasteiger partial charge is 0.242 e. The van der Waals surface area contributed by atoms with Crippen LogP contribution in [-0.2, 0) is 17.9 Å². The van der Waals surface area contributed by atoms with Crippen molar-refractivity contribution < 1.29 is 4.79 Å². The largest absolute Gasteiger partial charge is 0.342 e. The van der Waals surface area contributed by atoms with Gasteiger partial charge >= 0.3 is 0 Å². The summed E-state index contributed by atoms with van der Waals surface area (Å²) >= 11 is 0. The van der Waals surface area contributed by atoms with Crippen molar-refractivity contribution in [2.75, 3.05) is 13.1 Å². The second kappa shape index (κ2) is 5.89. The van der Waals surface area contributed by atoms with Crippen molar-refractivity contribution >= 4 is 16.8 Å². The van der Waals surface area contributed by atoms with Crippen LogP contribution in [0, 0.1) is 0 Å². The molecule has 4 heteroatoms. The van der Waals surface area contributed by atoms with Crippen LogP contribution in [0.2, 0.25) is 0 Å². The highest BCUT2D eigenvalue weighted by Crippen LogP contribution is 2.20. The minimum atomic E-state index is 0.153. The van der Waals surface area contributed by atoms with Gasteiger partial charge in [0.05, 0.1) is 0 Å². The third-order valence-corrected chi connectivity index (χ3v) is 3.55. The molecule has 19 heavy (non-hydrogen) atoms. The number of nitrogens with zero attached hydrogens (tertiary/aromatic N) is 2. The number of fused-ring (bicyclic) bond motifs is 1. The number of hydrogen-bond donors (Lipinski definition) is 1. The molecule has 0 radical (unpaired) electrons. The van der Waals surface area contributed by atoms with Crippen molar-refractivity contribution in [3.8, 4) is 0 Å². The lowest BCUT2D eigenvalue weighted by atomic mass is 10.1. The van der Waals surface area contributed by atoms with Crippen LogP contribution < -0.4 is 5.73 Å². The molecule has 0 fully saturated rings. The molecule has 2 N–H and O–H groups in total. The van der Waals surface area contributed by atoms with Gasteiger partial charge in [-0.2, -0.15) is 0 Å². The molecule has 0 aliphatic rings. The molecule has 0 atom stereocenters. The van der Waals surface area contributed by atoms with Crippen molar-refractivity contribution in [3.05, 3.63) is 36.0 Å². The predicted molar refractivity (Wildman–Crippen MR) is 77.8 cm³/mol. The fraction of sp³-hybridized carbons (Fsp3) is 0.400. The first-order valence-corrected chi connectivity index (χ1v) is 6.75. The standard InChI is InChI=1S/C15H21N3O/c1-3-17(4-2)15(19)11-18-9-8-13-12(10-16)6-5-7-14(13)18/h5-9H,3-4,10-11,16H2,1-2H3. The van der Waals surface area contributed by atoms with Gasteiger partial charge < -0.3 is 15.2 Å². The van der Waals surface area contributed by atoms with E-state index in [1.165, 1.54) is 0 Å². The summed E-state index contributed by atoms with van der Waals surface area (Å²) in [4.78, 5) is 14.0. The highest BCUT2D eigenvalue weighted by Gasteiger charge is 2.12. The minimum Gasteiger partial charge on any atom is -0.342 e. The molecule has 2 rings (SSSR count). The highest BCUT2D eigenvalue weighted by molar-refractivity contribution is 5.85. The molecule has 0 unspecified atom stereocenters. The van der Waals surface area contributed by atoms with Crippen molar-refractivity contribution in [1.29, 1.82) is 0 Å². The van der Waals surface area contributed by atoms with Gasteiger partial charge in [-0.25, -0.2) is 0 Å². The summed E-state index contributed by atoms with van der Waals surface area (Å²) in [7, 11) is 0. The number of amides is 1. The van der Waals surface area contributed by atoms with Gasteiger partial charge in [0.2, 0.25) is 5.91 Å². The van der Waals surface area contributed by atoms with Gasteiger partial charge in [-0.05, 0) is 31.5 Å². The van der Waals surface area contributed by atoms with E-state index < -0.39 is 0 Å². The van der Waals surface area contributed by atoms with E-state index in [9.17, 15) is 4.79 Å². The molecule has 2 aromatic rings. The van der Waals surface area contributed by atoms with E-state index in [0.717, 1.165) is 29.6 Å². The van der Waals surface area contributed by atoms with Gasteiger partial charge in [0, 0.05) is 36.7 Å². The van der Waals surface area contributed by atoms with Gasteiger partial charge in [-0.15, -0.1) is 0 Å². The Balaban J connectivity index is 2.29. The monoisotopic (exact) mass is 259 g/mol. The van der Waals surface area contributed by atoms with Crippen molar-refractivity contribution in [2.45, 2.75) is 26.9 Å². The average Bonchev–Trinajstić information content (AvgIpc) is 2.83. The number of nitrogens with two attached hydrogens (primary N) is 1. The topological polar surface area (TPSA) is 51.3 Å². The molecule has 0 aliphatic carbocycles. The Kier molecular flexibility index (Phi) is 4.22. The first-order valence-electron chi connectivity index (χ1n) is 6.75. The number of benzene rings is 1. The second-order valence-electron chi connectivity index (χ2n) is 4.56. The van der Waals surface area contributed by atoms with Crippen molar-refractivity contribution in [1.82, 2.24) is 9.47 Å². The molecule has 0 saturated heterocycles. The average molecular weight is 259 g/mol. The minimum absolute atomic E-state index is 0.153. The first-order chi connectivity index (χ1) is 9.21. The maximum absolute atomic E-state index is 12.2. The number of hydrogen-bond acceptors (Lipinski definition) is 2. The molecular weight excluding hydrogens is 238 g/mol. The highest BCUT2D eigenvalue weighted by atomic mass is 16.2. The van der Waals surface area contributed by atoms with Gasteiger partial charge in [0.1, 0.15) is 6.54 Å². The van der Waals surface area contributed by atoms with Crippen LogP contribution in [0.3, 0.4) is 0 Å². The lowest BCUT2D eigenvalue weighted by Crippen LogP contribution is -2.33. The van der Waals surface area contributed by atoms with E-state index in [1.54, 1.807) is 0 Å². The summed E-state index contributed by atoms with van der Waals surface area (Å²) in [6, 6.07) is 8.08. The van der Waals surface area contributed by atoms with Crippen molar-refractivity contribution in [2.24, 2.45) is 5.73 Å². The molecule has 0 aliphatic heterocycles. The Hall–Kier alpha value is -1.81. The van der Waals surface area contributed by atoms with Crippen molar-refractivity contribution in [3.63, 3.8) is 0 Å². The summed E-state index contributed by atoms with van der Waals surface area (Å²) in [5.74, 6) is 0.153. The van der Waals surface area contributed by atoms with E-state index >= 15 is 0 Å². The molecule has 1 heterocycles. The van der Waals surface area contributed by atoms with Crippen LogP contribution in [-0.4, -0.2) is 28.5 Å². The number of aromatic nitrogens is 1. The maximum atomic E-state index is 12.2. The van der Waals surface area contributed by atoms with Crippen LogP contribution in [0.4, 0.5) is 0 Å². The molecule has 0 saturated carbocycles. The molecule has 102 valence electrons. The molecular formula is C15H21N3O.